The van der Waals surface area contributed by atoms with Gasteiger partial charge in [-0.2, -0.15) is 13.2 Å². The van der Waals surface area contributed by atoms with E-state index in [0.717, 1.165) is 0 Å². The van der Waals surface area contributed by atoms with Crippen LogP contribution in [0, 0.1) is 16.0 Å². The lowest BCUT2D eigenvalue weighted by atomic mass is 9.78. The number of nitro benzene ring substituents is 1. The van der Waals surface area contributed by atoms with Crippen molar-refractivity contribution < 1.29 is 27.4 Å². The molecule has 0 spiro atoms. The minimum atomic E-state index is -4.39. The van der Waals surface area contributed by atoms with Crippen LogP contribution in [0.15, 0.2) is 24.3 Å². The average Bonchev–Trinajstić information content (AvgIpc) is 3.17. The van der Waals surface area contributed by atoms with Crippen molar-refractivity contribution >= 4 is 12.8 Å². The van der Waals surface area contributed by atoms with E-state index in [1.54, 1.807) is 27.7 Å². The van der Waals surface area contributed by atoms with Gasteiger partial charge in [0.1, 0.15) is 0 Å². The molecule has 0 radical (unpaired) electrons. The molecule has 3 atom stereocenters. The van der Waals surface area contributed by atoms with Crippen LogP contribution in [0.5, 0.6) is 0 Å². The van der Waals surface area contributed by atoms with Gasteiger partial charge in [0.25, 0.3) is 5.69 Å². The molecule has 5 nitrogen and oxygen atoms in total. The van der Waals surface area contributed by atoms with Gasteiger partial charge in [0.2, 0.25) is 0 Å². The van der Waals surface area contributed by atoms with Gasteiger partial charge in [-0.15, -0.1) is 0 Å². The van der Waals surface area contributed by atoms with Crippen molar-refractivity contribution in [1.29, 1.82) is 0 Å². The first-order chi connectivity index (χ1) is 11.3. The Hall–Kier alpha value is -1.61. The number of halogens is 3. The zero-order valence-electron chi connectivity index (χ0n) is 14.3. The van der Waals surface area contributed by atoms with E-state index in [4.69, 9.17) is 9.31 Å². The maximum atomic E-state index is 13.5. The maximum Gasteiger partial charge on any atom is 0.462 e. The Bertz CT molecular complexity index is 674. The molecule has 1 aromatic carbocycles. The second kappa shape index (κ2) is 5.44. The van der Waals surface area contributed by atoms with Crippen LogP contribution in [-0.2, 0) is 9.31 Å². The Morgan fingerprint density at radius 1 is 1.08 bits per heavy atom. The van der Waals surface area contributed by atoms with Crippen LogP contribution in [0.4, 0.5) is 18.9 Å². The molecular formula is C16H19BF3NO4. The normalized spacial score (nSPS) is 30.4. The van der Waals surface area contributed by atoms with Crippen LogP contribution in [-0.4, -0.2) is 29.4 Å². The van der Waals surface area contributed by atoms with Crippen molar-refractivity contribution in [3.8, 4) is 0 Å². The Balaban J connectivity index is 1.87. The van der Waals surface area contributed by atoms with Crippen molar-refractivity contribution in [2.45, 2.75) is 56.8 Å². The predicted molar refractivity (Wildman–Crippen MR) is 85.2 cm³/mol. The molecule has 1 aromatic rings. The van der Waals surface area contributed by atoms with E-state index < -0.39 is 47.1 Å². The quantitative estimate of drug-likeness (QED) is 0.459. The Morgan fingerprint density at radius 2 is 1.56 bits per heavy atom. The van der Waals surface area contributed by atoms with Crippen molar-refractivity contribution in [1.82, 2.24) is 0 Å². The third kappa shape index (κ3) is 3.04. The van der Waals surface area contributed by atoms with Crippen LogP contribution in [0.3, 0.4) is 0 Å². The van der Waals surface area contributed by atoms with Crippen molar-refractivity contribution in [2.75, 3.05) is 0 Å². The standard InChI is InChI=1S/C16H19BF3NO4/c1-14(2)15(3,4)25-17(24-14)13-11(12(13)16(18,19)20)9-5-7-10(8-6-9)21(22)23/h5-8,11-13H,1-4H3/t11-,12+,13+/m1/s1. The molecule has 2 aliphatic rings. The molecule has 1 saturated carbocycles. The Kier molecular flexibility index (Phi) is 3.96. The number of hydrogen-bond acceptors (Lipinski definition) is 4. The van der Waals surface area contributed by atoms with Crippen molar-refractivity contribution in [3.05, 3.63) is 39.9 Å². The van der Waals surface area contributed by atoms with Gasteiger partial charge in [-0.3, -0.25) is 10.1 Å². The molecular weight excluding hydrogens is 338 g/mol. The Morgan fingerprint density at radius 3 is 1.96 bits per heavy atom. The topological polar surface area (TPSA) is 61.6 Å². The first-order valence-electron chi connectivity index (χ1n) is 8.02. The molecule has 3 rings (SSSR count). The van der Waals surface area contributed by atoms with Gasteiger partial charge in [-0.1, -0.05) is 12.1 Å². The summed E-state index contributed by atoms with van der Waals surface area (Å²) in [5, 5.41) is 10.7. The molecule has 2 fully saturated rings. The molecule has 0 aromatic heterocycles. The third-order valence-corrected chi connectivity index (χ3v) is 5.53. The summed E-state index contributed by atoms with van der Waals surface area (Å²) in [5.41, 5.74) is -1.17. The van der Waals surface area contributed by atoms with Crippen LogP contribution in [0.2, 0.25) is 5.82 Å². The fourth-order valence-electron chi connectivity index (χ4n) is 3.39. The van der Waals surface area contributed by atoms with E-state index in [1.165, 1.54) is 24.3 Å². The summed E-state index contributed by atoms with van der Waals surface area (Å²) in [4.78, 5) is 10.1. The SMILES string of the molecule is CC1(C)OB([C@H]2[C@H](c3ccc([N+](=O)[O-])cc3)[C@@H]2C(F)(F)F)OC1(C)C. The van der Waals surface area contributed by atoms with E-state index >= 15 is 0 Å². The molecule has 136 valence electrons. The highest BCUT2D eigenvalue weighted by Crippen LogP contribution is 2.68. The van der Waals surface area contributed by atoms with Crippen LogP contribution < -0.4 is 0 Å². The van der Waals surface area contributed by atoms with Gasteiger partial charge in [0, 0.05) is 17.9 Å². The van der Waals surface area contributed by atoms with Crippen LogP contribution in [0.1, 0.15) is 39.2 Å². The average molecular weight is 357 g/mol. The summed E-state index contributed by atoms with van der Waals surface area (Å²) >= 11 is 0. The number of nitrogens with zero attached hydrogens (tertiary/aromatic N) is 1. The molecule has 0 bridgehead atoms. The molecule has 1 aliphatic heterocycles. The number of hydrogen-bond donors (Lipinski definition) is 0. The number of benzene rings is 1. The fourth-order valence-corrected chi connectivity index (χ4v) is 3.39. The molecule has 9 heteroatoms. The fraction of sp³-hybridized carbons (Fsp3) is 0.625. The molecule has 0 N–H and O–H groups in total. The molecule has 1 aliphatic carbocycles. The summed E-state index contributed by atoms with van der Waals surface area (Å²) in [6.45, 7) is 7.16. The first-order valence-corrected chi connectivity index (χ1v) is 8.02. The van der Waals surface area contributed by atoms with Crippen molar-refractivity contribution in [3.63, 3.8) is 0 Å². The zero-order valence-corrected chi connectivity index (χ0v) is 14.3. The molecule has 1 heterocycles. The number of nitro groups is 1. The first kappa shape index (κ1) is 18.2. The second-order valence-electron chi connectivity index (χ2n) is 7.64. The summed E-state index contributed by atoms with van der Waals surface area (Å²) in [7, 11) is -0.961. The van der Waals surface area contributed by atoms with E-state index in [0.29, 0.717) is 5.56 Å². The zero-order chi connectivity index (χ0) is 18.8. The van der Waals surface area contributed by atoms with Gasteiger partial charge in [-0.05, 0) is 39.2 Å². The summed E-state index contributed by atoms with van der Waals surface area (Å²) < 4.78 is 52.0. The monoisotopic (exact) mass is 357 g/mol. The van der Waals surface area contributed by atoms with Crippen LogP contribution >= 0.6 is 0 Å². The van der Waals surface area contributed by atoms with Crippen molar-refractivity contribution in [2.24, 2.45) is 5.92 Å². The number of rotatable bonds is 3. The summed E-state index contributed by atoms with van der Waals surface area (Å²) in [5.74, 6) is -3.26. The number of alkyl halides is 3. The lowest BCUT2D eigenvalue weighted by molar-refractivity contribution is -0.384. The van der Waals surface area contributed by atoms with Gasteiger partial charge < -0.3 is 9.31 Å². The highest BCUT2D eigenvalue weighted by atomic mass is 19.4. The van der Waals surface area contributed by atoms with Gasteiger partial charge in [0.15, 0.2) is 0 Å². The molecule has 25 heavy (non-hydrogen) atoms. The summed E-state index contributed by atoms with van der Waals surface area (Å²) in [6, 6.07) is 5.21. The van der Waals surface area contributed by atoms with Gasteiger partial charge in [0.05, 0.1) is 22.0 Å². The van der Waals surface area contributed by atoms with E-state index in [1.807, 2.05) is 0 Å². The second-order valence-corrected chi connectivity index (χ2v) is 7.64. The van der Waals surface area contributed by atoms with E-state index in [2.05, 4.69) is 0 Å². The van der Waals surface area contributed by atoms with Gasteiger partial charge >= 0.3 is 13.3 Å². The predicted octanol–water partition coefficient (Wildman–Crippen LogP) is 4.33. The number of non-ortho nitro benzene ring substituents is 1. The smallest absolute Gasteiger partial charge is 0.403 e. The van der Waals surface area contributed by atoms with E-state index in [-0.39, 0.29) is 5.69 Å². The minimum absolute atomic E-state index is 0.153. The van der Waals surface area contributed by atoms with Gasteiger partial charge in [-0.25, -0.2) is 0 Å². The Labute approximate surface area is 143 Å². The molecule has 0 amide bonds. The largest absolute Gasteiger partial charge is 0.462 e. The maximum absolute atomic E-state index is 13.5. The van der Waals surface area contributed by atoms with E-state index in [9.17, 15) is 23.3 Å². The molecule has 0 unspecified atom stereocenters. The lowest BCUT2D eigenvalue weighted by Crippen LogP contribution is -2.41. The minimum Gasteiger partial charge on any atom is -0.403 e. The molecule has 1 saturated heterocycles. The lowest BCUT2D eigenvalue weighted by Gasteiger charge is -2.32. The highest BCUT2D eigenvalue weighted by Gasteiger charge is 2.72. The highest BCUT2D eigenvalue weighted by molar-refractivity contribution is 6.49. The summed E-state index contributed by atoms with van der Waals surface area (Å²) in [6.07, 6.45) is -4.39. The van der Waals surface area contributed by atoms with Crippen LogP contribution in [0.25, 0.3) is 0 Å². The third-order valence-electron chi connectivity index (χ3n) is 5.53.